The average Bonchev–Trinajstić information content (AvgIpc) is 1.15. The van der Waals surface area contributed by atoms with Crippen molar-refractivity contribution in [3.8, 4) is 11.1 Å². The summed E-state index contributed by atoms with van der Waals surface area (Å²) in [6, 6.07) is 67.6. The molecule has 2 unspecified atom stereocenters. The van der Waals surface area contributed by atoms with Crippen LogP contribution in [-0.4, -0.2) is 12.3 Å². The topological polar surface area (TPSA) is 9.72 Å². The third kappa shape index (κ3) is 6.87. The molecular weight excluding hydrogens is 1050 g/mol. The molecule has 1 saturated carbocycles. The lowest BCUT2D eigenvalue weighted by Gasteiger charge is -2.51. The predicted octanol–water partition coefficient (Wildman–Crippen LogP) is 20.6. The second-order valence-electron chi connectivity index (χ2n) is 29.2. The van der Waals surface area contributed by atoms with Gasteiger partial charge in [-0.15, -0.1) is 22.7 Å². The van der Waals surface area contributed by atoms with Gasteiger partial charge in [0.2, 0.25) is 0 Å². The van der Waals surface area contributed by atoms with Crippen LogP contribution in [0.4, 0.5) is 45.5 Å². The zero-order valence-corrected chi connectivity index (χ0v) is 52.2. The van der Waals surface area contributed by atoms with Gasteiger partial charge in [-0.05, 0) is 189 Å². The highest BCUT2D eigenvalue weighted by molar-refractivity contribution is 7.26. The Balaban J connectivity index is 1.05. The average molecular weight is 1130 g/mol. The van der Waals surface area contributed by atoms with E-state index in [2.05, 4.69) is 254 Å². The highest BCUT2D eigenvalue weighted by Crippen LogP contribution is 2.63. The molecule has 6 aliphatic rings. The summed E-state index contributed by atoms with van der Waals surface area (Å²) in [6.45, 7) is 25.4. The molecule has 0 spiro atoms. The summed E-state index contributed by atoms with van der Waals surface area (Å²) in [5.41, 5.74) is 24.5. The van der Waals surface area contributed by atoms with E-state index in [0.29, 0.717) is 0 Å². The summed E-state index contributed by atoms with van der Waals surface area (Å²) in [7, 11) is 0. The molecule has 5 heterocycles. The van der Waals surface area contributed by atoms with Crippen LogP contribution in [0, 0.1) is 0 Å². The number of rotatable bonds is 4. The zero-order valence-electron chi connectivity index (χ0n) is 50.6. The number of hydrogen-bond donors (Lipinski definition) is 0. The third-order valence-electron chi connectivity index (χ3n) is 22.7. The minimum atomic E-state index is -0.198. The first kappa shape index (κ1) is 51.3. The largest absolute Gasteiger partial charge is 0.334 e. The van der Waals surface area contributed by atoms with Crippen molar-refractivity contribution in [2.75, 3.05) is 14.7 Å². The molecular formula is C78H74BN3S2. The second kappa shape index (κ2) is 17.3. The Morgan fingerprint density at radius 1 is 0.369 bits per heavy atom. The Labute approximate surface area is 505 Å². The molecule has 3 aliphatic heterocycles. The van der Waals surface area contributed by atoms with Gasteiger partial charge in [0, 0.05) is 75.2 Å². The van der Waals surface area contributed by atoms with Crippen molar-refractivity contribution in [2.24, 2.45) is 0 Å². The van der Waals surface area contributed by atoms with Crippen LogP contribution in [0.25, 0.3) is 51.5 Å². The number of thiophene rings is 2. The first-order valence-electron chi connectivity index (χ1n) is 31.3. The van der Waals surface area contributed by atoms with Crippen molar-refractivity contribution < 1.29 is 0 Å². The minimum absolute atomic E-state index is 0.00169. The van der Waals surface area contributed by atoms with Crippen LogP contribution < -0.4 is 31.1 Å². The molecule has 9 aromatic carbocycles. The van der Waals surface area contributed by atoms with E-state index in [1.165, 1.54) is 154 Å². The summed E-state index contributed by atoms with van der Waals surface area (Å²) < 4.78 is 5.33. The van der Waals surface area contributed by atoms with Crippen molar-refractivity contribution in [3.63, 3.8) is 0 Å². The SMILES string of the molecule is CC1(C)CCC(C)(C)c2cc3c(cc21)B1c2cc4c(cc2N(c2cccc5sc6ccccc6c25)c2cc(N5c6ccc(-c7ccccc7)cc6C6(C)CCCCC56C)cc(c21)N3c1cccc2c1sc1ccccc12)C(C)(C)CCC4(C)C. The minimum Gasteiger partial charge on any atom is -0.334 e. The highest BCUT2D eigenvalue weighted by atomic mass is 32.1. The number of fused-ring (bicyclic) bond motifs is 15. The number of hydrogen-bond acceptors (Lipinski definition) is 5. The molecule has 0 amide bonds. The van der Waals surface area contributed by atoms with Gasteiger partial charge in [0.15, 0.2) is 0 Å². The van der Waals surface area contributed by atoms with Crippen molar-refractivity contribution in [3.05, 3.63) is 198 Å². The molecule has 6 heteroatoms. The van der Waals surface area contributed by atoms with E-state index < -0.39 is 0 Å². The number of nitrogens with zero attached hydrogens (tertiary/aromatic N) is 3. The second-order valence-corrected chi connectivity index (χ2v) is 31.3. The molecule has 17 rings (SSSR count). The van der Waals surface area contributed by atoms with Gasteiger partial charge in [0.05, 0.1) is 21.6 Å². The molecule has 0 bridgehead atoms. The molecule has 3 nitrogen and oxygen atoms in total. The molecule has 0 saturated heterocycles. The quantitative estimate of drug-likeness (QED) is 0.163. The molecule has 0 radical (unpaired) electrons. The van der Waals surface area contributed by atoms with Gasteiger partial charge in [-0.25, -0.2) is 0 Å². The summed E-state index contributed by atoms with van der Waals surface area (Å²) in [5.74, 6) is 0. The third-order valence-corrected chi connectivity index (χ3v) is 25.1. The Hall–Kier alpha value is -7.12. The van der Waals surface area contributed by atoms with E-state index in [1.54, 1.807) is 0 Å². The van der Waals surface area contributed by atoms with Gasteiger partial charge in [0.25, 0.3) is 6.71 Å². The fraction of sp³-hybridized carbons (Fsp3) is 0.308. The van der Waals surface area contributed by atoms with Crippen LogP contribution in [-0.2, 0) is 27.1 Å². The van der Waals surface area contributed by atoms with Gasteiger partial charge in [-0.1, -0.05) is 178 Å². The normalized spacial score (nSPS) is 21.9. The van der Waals surface area contributed by atoms with Gasteiger partial charge in [-0.2, -0.15) is 0 Å². The highest BCUT2D eigenvalue weighted by Gasteiger charge is 2.59. The molecule has 2 atom stereocenters. The van der Waals surface area contributed by atoms with E-state index in [9.17, 15) is 0 Å². The first-order valence-corrected chi connectivity index (χ1v) is 33.0. The van der Waals surface area contributed by atoms with Crippen LogP contribution in [0.15, 0.2) is 170 Å². The fourth-order valence-corrected chi connectivity index (χ4v) is 19.9. The van der Waals surface area contributed by atoms with Crippen LogP contribution in [0.3, 0.4) is 0 Å². The van der Waals surface area contributed by atoms with E-state index in [-0.39, 0.29) is 39.3 Å². The van der Waals surface area contributed by atoms with Crippen LogP contribution in [0.2, 0.25) is 0 Å². The van der Waals surface area contributed by atoms with E-state index in [1.807, 2.05) is 22.7 Å². The maximum absolute atomic E-state index is 2.88. The van der Waals surface area contributed by atoms with Gasteiger partial charge >= 0.3 is 0 Å². The lowest BCUT2D eigenvalue weighted by atomic mass is 9.32. The lowest BCUT2D eigenvalue weighted by Crippen LogP contribution is -2.62. The molecule has 11 aromatic rings. The maximum Gasteiger partial charge on any atom is 0.252 e. The smallest absolute Gasteiger partial charge is 0.252 e. The fourth-order valence-electron chi connectivity index (χ4n) is 17.5. The Morgan fingerprint density at radius 3 is 1.55 bits per heavy atom. The Morgan fingerprint density at radius 2 is 0.893 bits per heavy atom. The summed E-state index contributed by atoms with van der Waals surface area (Å²) in [6.07, 6.45) is 9.33. The predicted molar refractivity (Wildman–Crippen MR) is 365 cm³/mol. The van der Waals surface area contributed by atoms with Crippen LogP contribution in [0.5, 0.6) is 0 Å². The van der Waals surface area contributed by atoms with E-state index >= 15 is 0 Å². The van der Waals surface area contributed by atoms with Gasteiger partial charge in [-0.3, -0.25) is 0 Å². The standard InChI is InChI=1S/C78H74BN3S2/c1-73(2)36-38-75(5,6)55-45-63-58(43-53(55)73)79-59-44-54-56(76(7,8)39-37-74(54,3)4)46-64(59)81(62-28-20-26-51-50-24-14-16-29-67(50)84-72(51)62)66-42-49(41-65(71(66)79)80(63)61-27-21-31-69-70(61)52-25-15-17-30-68(52)83-69)82-60-33-32-48(47-22-12-11-13-23-47)40-57(60)77(9)34-18-19-35-78(77,82)10/h11-17,20-33,40-46H,18-19,34-39H2,1-10H3. The molecule has 416 valence electrons. The van der Waals surface area contributed by atoms with Crippen LogP contribution >= 0.6 is 22.7 Å². The molecule has 3 aliphatic carbocycles. The van der Waals surface area contributed by atoms with E-state index in [4.69, 9.17) is 0 Å². The molecule has 84 heavy (non-hydrogen) atoms. The summed E-state index contributed by atoms with van der Waals surface area (Å²) in [4.78, 5) is 8.48. The van der Waals surface area contributed by atoms with Crippen molar-refractivity contribution in [1.29, 1.82) is 0 Å². The lowest BCUT2D eigenvalue weighted by molar-refractivity contribution is 0.195. The van der Waals surface area contributed by atoms with Gasteiger partial charge in [0.1, 0.15) is 0 Å². The Bertz CT molecular complexity index is 4650. The number of anilines is 8. The Kier molecular flexibility index (Phi) is 10.6. The monoisotopic (exact) mass is 1130 g/mol. The van der Waals surface area contributed by atoms with Crippen LogP contribution in [0.1, 0.15) is 148 Å². The first-order chi connectivity index (χ1) is 40.4. The van der Waals surface area contributed by atoms with Crippen molar-refractivity contribution in [2.45, 2.75) is 153 Å². The summed E-state index contributed by atoms with van der Waals surface area (Å²) >= 11 is 3.89. The summed E-state index contributed by atoms with van der Waals surface area (Å²) in [5, 5.41) is 5.33. The number of benzene rings is 9. The van der Waals surface area contributed by atoms with Crippen molar-refractivity contribution >= 4 is 132 Å². The molecule has 1 fully saturated rings. The maximum atomic E-state index is 2.88. The van der Waals surface area contributed by atoms with Gasteiger partial charge < -0.3 is 14.7 Å². The molecule has 0 N–H and O–H groups in total. The zero-order chi connectivity index (χ0) is 57.2. The van der Waals surface area contributed by atoms with E-state index in [0.717, 1.165) is 38.5 Å². The molecule has 2 aromatic heterocycles. The van der Waals surface area contributed by atoms with Crippen molar-refractivity contribution in [1.82, 2.24) is 0 Å².